The highest BCUT2D eigenvalue weighted by Crippen LogP contribution is 1.97. The topological polar surface area (TPSA) is 78.6 Å². The molecule has 4 N–H and O–H groups in total. The van der Waals surface area contributed by atoms with Crippen molar-refractivity contribution in [2.24, 2.45) is 5.73 Å². The number of nitrogens with two attached hydrogens (primary N) is 1. The third-order valence-electron chi connectivity index (χ3n) is 2.23. The zero-order chi connectivity index (χ0) is 12.6. The molecule has 0 aromatic rings. The summed E-state index contributed by atoms with van der Waals surface area (Å²) >= 11 is 0. The lowest BCUT2D eigenvalue weighted by molar-refractivity contribution is -0.131. The molecule has 16 heavy (non-hydrogen) atoms. The van der Waals surface area contributed by atoms with Gasteiger partial charge in [0, 0.05) is 44.0 Å². The zero-order valence-corrected chi connectivity index (χ0v) is 10.4. The first-order valence-electron chi connectivity index (χ1n) is 5.55. The summed E-state index contributed by atoms with van der Waals surface area (Å²) in [5, 5.41) is 11.3. The summed E-state index contributed by atoms with van der Waals surface area (Å²) in [6, 6.07) is 0.729. The van der Waals surface area contributed by atoms with Gasteiger partial charge in [0.1, 0.15) is 0 Å². The van der Waals surface area contributed by atoms with E-state index >= 15 is 0 Å². The molecule has 5 nitrogen and oxygen atoms in total. The van der Waals surface area contributed by atoms with Gasteiger partial charge in [-0.3, -0.25) is 4.90 Å². The van der Waals surface area contributed by atoms with Gasteiger partial charge in [-0.2, -0.15) is 0 Å². The predicted octanol–water partition coefficient (Wildman–Crippen LogP) is 0.234. The summed E-state index contributed by atoms with van der Waals surface area (Å²) in [6.07, 6.45) is 0.944. The maximum Gasteiger partial charge on any atom is 0.330 e. The van der Waals surface area contributed by atoms with Crippen LogP contribution in [0.25, 0.3) is 0 Å². The van der Waals surface area contributed by atoms with Crippen molar-refractivity contribution in [3.8, 4) is 0 Å². The van der Waals surface area contributed by atoms with Gasteiger partial charge in [-0.05, 0) is 20.8 Å². The van der Waals surface area contributed by atoms with Gasteiger partial charge in [-0.15, -0.1) is 0 Å². The van der Waals surface area contributed by atoms with Crippen LogP contribution in [0.5, 0.6) is 0 Å². The SMILES string of the molecule is C/C(N)=C/C(=O)O.CC(C)N1CCNCC1. The lowest BCUT2D eigenvalue weighted by Crippen LogP contribution is -2.46. The van der Waals surface area contributed by atoms with E-state index < -0.39 is 5.97 Å². The molecule has 0 saturated carbocycles. The minimum Gasteiger partial charge on any atom is -0.478 e. The fourth-order valence-electron chi connectivity index (χ4n) is 1.39. The van der Waals surface area contributed by atoms with E-state index in [1.165, 1.54) is 20.0 Å². The highest BCUT2D eigenvalue weighted by atomic mass is 16.4. The normalized spacial score (nSPS) is 17.9. The monoisotopic (exact) mass is 229 g/mol. The third kappa shape index (κ3) is 8.26. The summed E-state index contributed by atoms with van der Waals surface area (Å²) in [5.41, 5.74) is 5.29. The Morgan fingerprint density at radius 1 is 1.44 bits per heavy atom. The number of carbonyl (C=O) groups is 1. The van der Waals surface area contributed by atoms with Gasteiger partial charge in [0.05, 0.1) is 0 Å². The Hall–Kier alpha value is -1.07. The van der Waals surface area contributed by atoms with Crippen molar-refractivity contribution in [1.29, 1.82) is 0 Å². The lowest BCUT2D eigenvalue weighted by atomic mass is 10.3. The summed E-state index contributed by atoms with van der Waals surface area (Å²) in [4.78, 5) is 12.1. The number of carboxylic acids is 1. The molecule has 0 bridgehead atoms. The van der Waals surface area contributed by atoms with Gasteiger partial charge < -0.3 is 16.2 Å². The number of hydrogen-bond donors (Lipinski definition) is 3. The second kappa shape index (κ2) is 8.13. The van der Waals surface area contributed by atoms with Gasteiger partial charge in [0.15, 0.2) is 0 Å². The Balaban J connectivity index is 0.000000293. The van der Waals surface area contributed by atoms with Gasteiger partial charge in [-0.25, -0.2) is 4.79 Å². The fraction of sp³-hybridized carbons (Fsp3) is 0.727. The number of rotatable bonds is 2. The maximum atomic E-state index is 9.65. The van der Waals surface area contributed by atoms with E-state index in [1.54, 1.807) is 0 Å². The average Bonchev–Trinajstić information content (AvgIpc) is 2.17. The molecule has 0 aromatic heterocycles. The molecule has 0 aliphatic carbocycles. The highest BCUT2D eigenvalue weighted by molar-refractivity contribution is 5.80. The Morgan fingerprint density at radius 2 is 1.94 bits per heavy atom. The second-order valence-corrected chi connectivity index (χ2v) is 4.11. The summed E-state index contributed by atoms with van der Waals surface area (Å²) in [7, 11) is 0. The van der Waals surface area contributed by atoms with Crippen molar-refractivity contribution >= 4 is 5.97 Å². The van der Waals surface area contributed by atoms with Crippen LogP contribution in [-0.2, 0) is 4.79 Å². The number of aliphatic carboxylic acids is 1. The second-order valence-electron chi connectivity index (χ2n) is 4.11. The first kappa shape index (κ1) is 14.9. The molecular formula is C11H23N3O2. The summed E-state index contributed by atoms with van der Waals surface area (Å²) in [5.74, 6) is -1.000. The molecule has 0 spiro atoms. The molecule has 1 saturated heterocycles. The van der Waals surface area contributed by atoms with E-state index in [2.05, 4.69) is 24.1 Å². The summed E-state index contributed by atoms with van der Waals surface area (Å²) in [6.45, 7) is 10.8. The van der Waals surface area contributed by atoms with Crippen LogP contribution in [0.15, 0.2) is 11.8 Å². The largest absolute Gasteiger partial charge is 0.478 e. The Bertz CT molecular complexity index is 229. The first-order chi connectivity index (χ1) is 7.43. The zero-order valence-electron chi connectivity index (χ0n) is 10.4. The molecule has 1 fully saturated rings. The van der Waals surface area contributed by atoms with Crippen LogP contribution in [0, 0.1) is 0 Å². The Labute approximate surface area is 97.3 Å². The highest BCUT2D eigenvalue weighted by Gasteiger charge is 2.11. The molecule has 0 amide bonds. The van der Waals surface area contributed by atoms with Crippen molar-refractivity contribution in [3.63, 3.8) is 0 Å². The Morgan fingerprint density at radius 3 is 2.12 bits per heavy atom. The van der Waals surface area contributed by atoms with Crippen molar-refractivity contribution in [3.05, 3.63) is 11.8 Å². The van der Waals surface area contributed by atoms with Crippen molar-refractivity contribution in [2.75, 3.05) is 26.2 Å². The number of carboxylic acid groups (broad SMARTS) is 1. The van der Waals surface area contributed by atoms with Crippen LogP contribution in [0.3, 0.4) is 0 Å². The van der Waals surface area contributed by atoms with Gasteiger partial charge >= 0.3 is 5.97 Å². The maximum absolute atomic E-state index is 9.65. The average molecular weight is 229 g/mol. The fourth-order valence-corrected chi connectivity index (χ4v) is 1.39. The summed E-state index contributed by atoms with van der Waals surface area (Å²) < 4.78 is 0. The van der Waals surface area contributed by atoms with Gasteiger partial charge in [0.2, 0.25) is 0 Å². The molecule has 1 aliphatic heterocycles. The number of nitrogens with one attached hydrogen (secondary N) is 1. The van der Waals surface area contributed by atoms with E-state index in [0.29, 0.717) is 5.70 Å². The van der Waals surface area contributed by atoms with Gasteiger partial charge in [-0.1, -0.05) is 0 Å². The quantitative estimate of drug-likeness (QED) is 0.591. The number of allylic oxidation sites excluding steroid dienone is 1. The molecule has 1 aliphatic rings. The van der Waals surface area contributed by atoms with E-state index in [9.17, 15) is 4.79 Å². The van der Waals surface area contributed by atoms with Crippen LogP contribution in [-0.4, -0.2) is 48.2 Å². The molecular weight excluding hydrogens is 206 g/mol. The molecule has 94 valence electrons. The molecule has 0 radical (unpaired) electrons. The first-order valence-corrected chi connectivity index (χ1v) is 5.55. The number of piperazine rings is 1. The van der Waals surface area contributed by atoms with Crippen LogP contribution < -0.4 is 11.1 Å². The third-order valence-corrected chi connectivity index (χ3v) is 2.23. The minimum atomic E-state index is -1.000. The molecule has 0 unspecified atom stereocenters. The number of nitrogens with zero attached hydrogens (tertiary/aromatic N) is 1. The van der Waals surface area contributed by atoms with E-state index in [-0.39, 0.29) is 0 Å². The van der Waals surface area contributed by atoms with Crippen molar-refractivity contribution in [1.82, 2.24) is 10.2 Å². The van der Waals surface area contributed by atoms with Crippen LogP contribution in [0.4, 0.5) is 0 Å². The molecule has 1 rings (SSSR count). The van der Waals surface area contributed by atoms with Crippen molar-refractivity contribution in [2.45, 2.75) is 26.8 Å². The van der Waals surface area contributed by atoms with E-state index in [4.69, 9.17) is 10.8 Å². The molecule has 1 heterocycles. The molecule has 0 aromatic carbocycles. The van der Waals surface area contributed by atoms with E-state index in [1.807, 2.05) is 0 Å². The molecule has 5 heteroatoms. The lowest BCUT2D eigenvalue weighted by Gasteiger charge is -2.30. The van der Waals surface area contributed by atoms with Gasteiger partial charge in [0.25, 0.3) is 0 Å². The van der Waals surface area contributed by atoms with Crippen LogP contribution >= 0.6 is 0 Å². The molecule has 0 atom stereocenters. The standard InChI is InChI=1S/C7H16N2.C4H7NO2/c1-7(2)9-5-3-8-4-6-9;1-3(5)2-4(6)7/h7-8H,3-6H2,1-2H3;2H,5H2,1H3,(H,6,7)/b;3-2-. The van der Waals surface area contributed by atoms with E-state index in [0.717, 1.165) is 25.2 Å². The van der Waals surface area contributed by atoms with Crippen LogP contribution in [0.2, 0.25) is 0 Å². The minimum absolute atomic E-state index is 0.313. The van der Waals surface area contributed by atoms with Crippen LogP contribution in [0.1, 0.15) is 20.8 Å². The number of hydrogen-bond acceptors (Lipinski definition) is 4. The Kier molecular flexibility index (Phi) is 7.58. The van der Waals surface area contributed by atoms with Crippen molar-refractivity contribution < 1.29 is 9.90 Å². The predicted molar refractivity (Wildman–Crippen MR) is 65.2 cm³/mol. The smallest absolute Gasteiger partial charge is 0.330 e.